The molecule has 0 radical (unpaired) electrons. The van der Waals surface area contributed by atoms with Gasteiger partial charge in [-0.15, -0.1) is 0 Å². The third-order valence-electron chi connectivity index (χ3n) is 8.86. The molecule has 1 aromatic heterocycles. The molecule has 3 heterocycles. The Morgan fingerprint density at radius 2 is 1.74 bits per heavy atom. The minimum atomic E-state index is -1.51. The number of piperazine rings is 1. The number of nitrogens with one attached hydrogen (secondary N) is 2. The Morgan fingerprint density at radius 1 is 1.05 bits per heavy atom. The van der Waals surface area contributed by atoms with Gasteiger partial charge in [0.05, 0.1) is 19.1 Å². The van der Waals surface area contributed by atoms with Crippen LogP contribution in [0.25, 0.3) is 10.8 Å². The first kappa shape index (κ1) is 30.3. The molecule has 0 aliphatic carbocycles. The van der Waals surface area contributed by atoms with Crippen LogP contribution in [0.4, 0.5) is 0 Å². The second-order valence-electron chi connectivity index (χ2n) is 12.5. The van der Waals surface area contributed by atoms with E-state index in [0.29, 0.717) is 13.0 Å². The van der Waals surface area contributed by atoms with Crippen molar-refractivity contribution in [2.24, 2.45) is 5.41 Å². The number of carbonyl (C=O) groups excluding carboxylic acids is 4. The first-order valence-corrected chi connectivity index (χ1v) is 14.7. The van der Waals surface area contributed by atoms with Gasteiger partial charge in [-0.25, -0.2) is 4.90 Å². The molecule has 2 aromatic carbocycles. The minimum Gasteiger partial charge on any atom is -0.333 e. The Balaban J connectivity index is 1.57. The van der Waals surface area contributed by atoms with Crippen LogP contribution < -0.4 is 10.6 Å². The zero-order valence-corrected chi connectivity index (χ0v) is 25.4. The zero-order valence-electron chi connectivity index (χ0n) is 25.4. The van der Waals surface area contributed by atoms with Crippen LogP contribution in [0.15, 0.2) is 67.0 Å². The van der Waals surface area contributed by atoms with E-state index in [1.165, 1.54) is 0 Å². The predicted molar refractivity (Wildman–Crippen MR) is 163 cm³/mol. The van der Waals surface area contributed by atoms with Crippen molar-refractivity contribution in [2.45, 2.75) is 64.6 Å². The van der Waals surface area contributed by atoms with Gasteiger partial charge in [0, 0.05) is 30.8 Å². The molecule has 10 heteroatoms. The maximum Gasteiger partial charge on any atom is 0.246 e. The van der Waals surface area contributed by atoms with Crippen LogP contribution in [0.2, 0.25) is 0 Å². The number of rotatable bonds is 9. The fourth-order valence-corrected chi connectivity index (χ4v) is 6.21. The van der Waals surface area contributed by atoms with Gasteiger partial charge in [0.1, 0.15) is 12.2 Å². The van der Waals surface area contributed by atoms with Crippen LogP contribution >= 0.6 is 0 Å². The monoisotopic (exact) mass is 584 g/mol. The van der Waals surface area contributed by atoms with E-state index in [0.717, 1.165) is 28.2 Å². The maximum atomic E-state index is 14.2. The van der Waals surface area contributed by atoms with Crippen molar-refractivity contribution < 1.29 is 19.2 Å². The Hall–Kier alpha value is -4.15. The minimum absolute atomic E-state index is 0.112. The van der Waals surface area contributed by atoms with Crippen LogP contribution in [0.5, 0.6) is 0 Å². The normalized spacial score (nSPS) is 21.4. The van der Waals surface area contributed by atoms with Gasteiger partial charge in [-0.2, -0.15) is 0 Å². The molecule has 10 nitrogen and oxygen atoms in total. The van der Waals surface area contributed by atoms with Gasteiger partial charge in [-0.1, -0.05) is 63.2 Å². The van der Waals surface area contributed by atoms with Crippen LogP contribution in [-0.2, 0) is 32.1 Å². The summed E-state index contributed by atoms with van der Waals surface area (Å²) in [5, 5.41) is 8.06. The lowest BCUT2D eigenvalue weighted by atomic mass is 9.79. The number of aromatic nitrogens is 1. The van der Waals surface area contributed by atoms with Gasteiger partial charge < -0.3 is 20.4 Å². The number of carbonyl (C=O) groups is 4. The van der Waals surface area contributed by atoms with Gasteiger partial charge in [-0.05, 0) is 48.0 Å². The number of hydrogen-bond acceptors (Lipinski definition) is 7. The van der Waals surface area contributed by atoms with Crippen LogP contribution in [-0.4, -0.2) is 87.7 Å². The highest BCUT2D eigenvalue weighted by Gasteiger charge is 2.59. The summed E-state index contributed by atoms with van der Waals surface area (Å²) in [5.41, 5.74) is -0.466. The molecule has 2 fully saturated rings. The Bertz CT molecular complexity index is 1520. The molecule has 226 valence electrons. The number of fused-ring (bicyclic) bond motifs is 2. The smallest absolute Gasteiger partial charge is 0.246 e. The van der Waals surface area contributed by atoms with E-state index in [1.807, 2.05) is 69.3 Å². The molecule has 3 aromatic rings. The van der Waals surface area contributed by atoms with Gasteiger partial charge >= 0.3 is 0 Å². The van der Waals surface area contributed by atoms with Gasteiger partial charge in [0.2, 0.25) is 17.7 Å². The van der Waals surface area contributed by atoms with E-state index >= 15 is 0 Å². The fourth-order valence-electron chi connectivity index (χ4n) is 6.21. The molecule has 0 spiro atoms. The summed E-state index contributed by atoms with van der Waals surface area (Å²) in [4.78, 5) is 63.7. The molecule has 43 heavy (non-hydrogen) atoms. The van der Waals surface area contributed by atoms with Crippen molar-refractivity contribution >= 4 is 34.8 Å². The molecule has 0 saturated carbocycles. The highest BCUT2D eigenvalue weighted by atomic mass is 16.2. The highest BCUT2D eigenvalue weighted by Crippen LogP contribution is 2.39. The second kappa shape index (κ2) is 11.9. The van der Waals surface area contributed by atoms with Crippen LogP contribution in [0, 0.1) is 5.41 Å². The maximum absolute atomic E-state index is 14.2. The first-order valence-electron chi connectivity index (χ1n) is 14.7. The van der Waals surface area contributed by atoms with E-state index in [-0.39, 0.29) is 30.8 Å². The Labute approximate surface area is 252 Å². The van der Waals surface area contributed by atoms with E-state index in [2.05, 4.69) is 21.7 Å². The Morgan fingerprint density at radius 3 is 2.40 bits per heavy atom. The summed E-state index contributed by atoms with van der Waals surface area (Å²) in [6.07, 6.45) is 3.80. The topological polar surface area (TPSA) is 115 Å². The predicted octanol–water partition coefficient (Wildman–Crippen LogP) is 2.32. The second-order valence-corrected chi connectivity index (χ2v) is 12.5. The lowest BCUT2D eigenvalue weighted by molar-refractivity contribution is -0.161. The number of amides is 3. The number of hydrogen-bond donors (Lipinski definition) is 2. The van der Waals surface area contributed by atoms with Crippen molar-refractivity contribution in [1.29, 1.82) is 0 Å². The Kier molecular flexibility index (Phi) is 8.36. The van der Waals surface area contributed by atoms with Crippen molar-refractivity contribution in [2.75, 3.05) is 20.1 Å². The number of nitrogens with zero attached hydrogens (tertiary/aromatic N) is 4. The highest BCUT2D eigenvalue weighted by molar-refractivity contribution is 5.93. The molecule has 0 unspecified atom stereocenters. The fraction of sp³-hybridized carbons (Fsp3) is 0.424. The molecule has 2 aliphatic heterocycles. The molecule has 2 N–H and O–H groups in total. The van der Waals surface area contributed by atoms with E-state index < -0.39 is 29.3 Å². The lowest BCUT2D eigenvalue weighted by Crippen LogP contribution is -2.74. The average Bonchev–Trinajstić information content (AvgIpc) is 3.32. The van der Waals surface area contributed by atoms with Crippen LogP contribution in [0.3, 0.4) is 0 Å². The average molecular weight is 585 g/mol. The van der Waals surface area contributed by atoms with Crippen molar-refractivity contribution in [3.63, 3.8) is 0 Å². The third kappa shape index (κ3) is 5.64. The number of likely N-dealkylation sites (N-methyl/N-ethyl adjacent to an activating group) is 1. The van der Waals surface area contributed by atoms with Crippen molar-refractivity contribution in [3.8, 4) is 0 Å². The van der Waals surface area contributed by atoms with Crippen molar-refractivity contribution in [3.05, 3.63) is 78.1 Å². The first-order chi connectivity index (χ1) is 20.5. The zero-order chi connectivity index (χ0) is 30.9. The molecule has 4 atom stereocenters. The summed E-state index contributed by atoms with van der Waals surface area (Å²) >= 11 is 0. The summed E-state index contributed by atoms with van der Waals surface area (Å²) in [6.45, 7) is 7.72. The SMILES string of the molecule is CN[C@@H](C)C(=O)N[C@@](C=O)(N1CC(=O)N2[C@@H](Cc3ccc4ccccc4c3)C(=O)N(Cc3ccncc3)C[C@@H]21)C(C)(C)C. The van der Waals surface area contributed by atoms with E-state index in [9.17, 15) is 19.2 Å². The lowest BCUT2D eigenvalue weighted by Gasteiger charge is -2.52. The number of benzene rings is 2. The molecule has 0 bridgehead atoms. The molecule has 5 rings (SSSR count). The summed E-state index contributed by atoms with van der Waals surface area (Å²) in [6, 6.07) is 16.5. The molecule has 3 amide bonds. The van der Waals surface area contributed by atoms with Gasteiger partial charge in [0.15, 0.2) is 11.9 Å². The van der Waals surface area contributed by atoms with E-state index in [1.54, 1.807) is 41.1 Å². The number of aldehydes is 1. The largest absolute Gasteiger partial charge is 0.333 e. The summed E-state index contributed by atoms with van der Waals surface area (Å²) in [5.74, 6) is -0.764. The summed E-state index contributed by atoms with van der Waals surface area (Å²) in [7, 11) is 1.67. The van der Waals surface area contributed by atoms with Gasteiger partial charge in [-0.3, -0.25) is 24.2 Å². The van der Waals surface area contributed by atoms with Crippen molar-refractivity contribution in [1.82, 2.24) is 30.3 Å². The molecule has 2 aliphatic rings. The summed E-state index contributed by atoms with van der Waals surface area (Å²) < 4.78 is 0. The number of pyridine rings is 1. The third-order valence-corrected chi connectivity index (χ3v) is 8.86. The van der Waals surface area contributed by atoms with Crippen LogP contribution in [0.1, 0.15) is 38.8 Å². The van der Waals surface area contributed by atoms with E-state index in [4.69, 9.17) is 0 Å². The standard InChI is InChI=1S/C33H40N6O4/c1-22(34-5)30(42)36-33(21-40,32(2,3)4)38-20-29(41)39-27(17-24-10-11-25-8-6-7-9-26(25)16-24)31(43)37(19-28(38)39)18-23-12-14-35-15-13-23/h6-16,21-22,27-28,34H,17-20H2,1-5H3,(H,36,42)/t22-,27-,28+,33-/m0/s1. The molecular weight excluding hydrogens is 544 g/mol. The quantitative estimate of drug-likeness (QED) is 0.371. The van der Waals surface area contributed by atoms with Gasteiger partial charge in [0.25, 0.3) is 0 Å². The molecule has 2 saturated heterocycles. The molecular formula is C33H40N6O4.